The lowest BCUT2D eigenvalue weighted by atomic mass is 9.81. The number of hydrogen-bond donors (Lipinski definition) is 0. The molecule has 30 aromatic carbocycles. The first-order valence-corrected chi connectivity index (χ1v) is 48.9. The Hall–Kier alpha value is -18.2. The molecule has 642 valence electrons. The van der Waals surface area contributed by atoms with E-state index in [1.54, 1.807) is 0 Å². The van der Waals surface area contributed by atoms with Crippen molar-refractivity contribution in [2.24, 2.45) is 0 Å². The van der Waals surface area contributed by atoms with E-state index in [0.29, 0.717) is 0 Å². The minimum Gasteiger partial charge on any atom is -0.0616 e. The summed E-state index contributed by atoms with van der Waals surface area (Å²) in [4.78, 5) is 0. The highest BCUT2D eigenvalue weighted by atomic mass is 14.3. The van der Waals surface area contributed by atoms with Crippen LogP contribution < -0.4 is 0 Å². The van der Waals surface area contributed by atoms with E-state index < -0.39 is 0 Å². The van der Waals surface area contributed by atoms with E-state index in [2.05, 4.69) is 497 Å². The molecule has 0 bridgehead atoms. The van der Waals surface area contributed by atoms with Crippen LogP contribution in [0, 0.1) is 0 Å². The van der Waals surface area contributed by atoms with Crippen molar-refractivity contribution >= 4 is 215 Å². The van der Waals surface area contributed by atoms with Crippen molar-refractivity contribution in [3.8, 4) is 100 Å². The summed E-state index contributed by atoms with van der Waals surface area (Å²) >= 11 is 0. The fourth-order valence-electron chi connectivity index (χ4n) is 25.1. The standard InChI is InChI=1S/C140H82/c1-9-38-95-83(28-1)36-23-52-97(95)85-60-64-87(65-61-85)135-99-40-11-3-30-89(99)74-123-111-56-26-58-118(116(111)69-71-120(123)135)137-101-42-13-6-33-92(101)77-127-107-48-19-21-50-113(107)130(81-133(127)137)139-103-44-15-5-32-91(103)76-125-109-54-25-55-110(115(109)68-73-122(125)139)129-80-132-126(105-46-17-18-47-106(105)129)79-94-35-8-16-45-104(94)140(132)131-82-134-128(108-49-20-22-51-114(108)131)78-93-34-7-14-43-102(93)138(134)119-59-27-57-112-117(119)70-72-121-124(112)75-90-31-4-12-41-100(90)136(121)88-66-62-86(63-67-88)98-53-24-37-84-29-2-10-39-96(84)98/h1-82H. The second-order valence-corrected chi connectivity index (χ2v) is 38.4. The highest BCUT2D eigenvalue weighted by Gasteiger charge is 2.28. The van der Waals surface area contributed by atoms with Gasteiger partial charge in [0.25, 0.3) is 0 Å². The molecule has 0 unspecified atom stereocenters. The van der Waals surface area contributed by atoms with E-state index in [4.69, 9.17) is 0 Å². The van der Waals surface area contributed by atoms with Crippen LogP contribution in [0.4, 0.5) is 0 Å². The van der Waals surface area contributed by atoms with Crippen molar-refractivity contribution < 1.29 is 0 Å². The van der Waals surface area contributed by atoms with Crippen molar-refractivity contribution in [1.82, 2.24) is 0 Å². The molecule has 140 heavy (non-hydrogen) atoms. The molecule has 0 aliphatic heterocycles. The van der Waals surface area contributed by atoms with Gasteiger partial charge in [-0.2, -0.15) is 0 Å². The van der Waals surface area contributed by atoms with Gasteiger partial charge in [-0.05, 0) is 370 Å². The first kappa shape index (κ1) is 78.2. The molecular weight excluding hydrogens is 1680 g/mol. The summed E-state index contributed by atoms with van der Waals surface area (Å²) in [5.41, 5.74) is 22.0. The molecule has 0 N–H and O–H groups in total. The van der Waals surface area contributed by atoms with Crippen LogP contribution in [-0.4, -0.2) is 0 Å². The molecule has 0 fully saturated rings. The second kappa shape index (κ2) is 30.7. The second-order valence-electron chi connectivity index (χ2n) is 38.4. The van der Waals surface area contributed by atoms with Gasteiger partial charge in [-0.3, -0.25) is 0 Å². The molecule has 0 aliphatic rings. The molecule has 0 aromatic heterocycles. The summed E-state index contributed by atoms with van der Waals surface area (Å²) in [6, 6.07) is 190. The normalized spacial score (nSPS) is 12.1. The first-order valence-electron chi connectivity index (χ1n) is 48.9. The third-order valence-electron chi connectivity index (χ3n) is 31.3. The molecule has 0 saturated heterocycles. The predicted octanol–water partition coefficient (Wildman–Crippen LogP) is 39.8. The van der Waals surface area contributed by atoms with Gasteiger partial charge in [-0.1, -0.05) is 443 Å². The van der Waals surface area contributed by atoms with Gasteiger partial charge in [-0.15, -0.1) is 0 Å². The molecule has 0 aliphatic carbocycles. The van der Waals surface area contributed by atoms with Crippen LogP contribution in [0.2, 0.25) is 0 Å². The fourth-order valence-corrected chi connectivity index (χ4v) is 25.1. The zero-order chi connectivity index (χ0) is 91.5. The molecule has 0 amide bonds. The van der Waals surface area contributed by atoms with Gasteiger partial charge in [0.2, 0.25) is 0 Å². The predicted molar refractivity (Wildman–Crippen MR) is 605 cm³/mol. The topological polar surface area (TPSA) is 0 Å². The quantitative estimate of drug-likeness (QED) is 0.0998. The monoisotopic (exact) mass is 1760 g/mol. The minimum atomic E-state index is 1.19. The smallest absolute Gasteiger partial charge is 0.00199 e. The SMILES string of the molecule is c1ccc2c(-c3ccc(-c4c5ccccc5cc5c4ccc4c(-c6c7ccccc7cc7c6cc(-c6c8ccccc8cc8c6ccc6c(-c9cc%10c(-c%11cc%12c(-c%13cccc%14c%13ccc%13c(-c%15ccc(-c%16cccc%17ccccc%16%17)cc%15)c%15ccccc%15cc%13%14)c%13ccccc%13cc%12c%12ccccc%11%12)c%11ccccc%11cc%10c%10ccccc9%10)cccc68)c6ccccc67)cccc45)cc3)cccc2c1. The van der Waals surface area contributed by atoms with Gasteiger partial charge >= 0.3 is 0 Å². The van der Waals surface area contributed by atoms with Gasteiger partial charge < -0.3 is 0 Å². The Balaban J connectivity index is 0.602. The number of hydrogen-bond acceptors (Lipinski definition) is 0. The lowest BCUT2D eigenvalue weighted by Gasteiger charge is -2.22. The third-order valence-corrected chi connectivity index (χ3v) is 31.3. The highest BCUT2D eigenvalue weighted by molar-refractivity contribution is 6.35. The maximum atomic E-state index is 2.59. The Morgan fingerprint density at radius 1 is 0.0714 bits per heavy atom. The van der Waals surface area contributed by atoms with Gasteiger partial charge in [0, 0.05) is 0 Å². The highest BCUT2D eigenvalue weighted by Crippen LogP contribution is 2.55. The van der Waals surface area contributed by atoms with Crippen LogP contribution in [0.25, 0.3) is 316 Å². The van der Waals surface area contributed by atoms with Gasteiger partial charge in [0.05, 0.1) is 0 Å². The van der Waals surface area contributed by atoms with Crippen LogP contribution >= 0.6 is 0 Å². The molecule has 0 radical (unpaired) electrons. The maximum absolute atomic E-state index is 2.59. The van der Waals surface area contributed by atoms with Crippen molar-refractivity contribution in [2.75, 3.05) is 0 Å². The summed E-state index contributed by atoms with van der Waals surface area (Å²) in [6.07, 6.45) is 0. The molecule has 0 saturated carbocycles. The summed E-state index contributed by atoms with van der Waals surface area (Å²) in [5, 5.41) is 49.0. The Morgan fingerprint density at radius 3 is 0.607 bits per heavy atom. The van der Waals surface area contributed by atoms with E-state index in [9.17, 15) is 0 Å². The van der Waals surface area contributed by atoms with Gasteiger partial charge in [0.1, 0.15) is 0 Å². The van der Waals surface area contributed by atoms with E-state index >= 15 is 0 Å². The van der Waals surface area contributed by atoms with Gasteiger partial charge in [0.15, 0.2) is 0 Å². The first-order chi connectivity index (χ1) is 69.5. The molecular formula is C140H82. The molecule has 30 aromatic rings. The van der Waals surface area contributed by atoms with Crippen LogP contribution in [0.1, 0.15) is 0 Å². The molecule has 0 heterocycles. The number of rotatable bonds is 9. The molecule has 0 spiro atoms. The Bertz CT molecular complexity index is 10700. The van der Waals surface area contributed by atoms with Crippen LogP contribution in [0.15, 0.2) is 497 Å². The Morgan fingerprint density at radius 2 is 0.264 bits per heavy atom. The van der Waals surface area contributed by atoms with E-state index in [1.165, 1.54) is 316 Å². The minimum absolute atomic E-state index is 1.19. The molecule has 30 rings (SSSR count). The summed E-state index contributed by atoms with van der Waals surface area (Å²) in [7, 11) is 0. The van der Waals surface area contributed by atoms with Gasteiger partial charge in [-0.25, -0.2) is 0 Å². The van der Waals surface area contributed by atoms with Crippen LogP contribution in [0.3, 0.4) is 0 Å². The van der Waals surface area contributed by atoms with Crippen LogP contribution in [-0.2, 0) is 0 Å². The fraction of sp³-hybridized carbons (Fsp3) is 0. The number of benzene rings is 30. The zero-order valence-corrected chi connectivity index (χ0v) is 76.3. The lowest BCUT2D eigenvalue weighted by molar-refractivity contribution is 1.64. The van der Waals surface area contributed by atoms with Crippen molar-refractivity contribution in [1.29, 1.82) is 0 Å². The zero-order valence-electron chi connectivity index (χ0n) is 76.3. The summed E-state index contributed by atoms with van der Waals surface area (Å²) in [5.74, 6) is 0. The molecule has 0 atom stereocenters. The van der Waals surface area contributed by atoms with Crippen molar-refractivity contribution in [3.63, 3.8) is 0 Å². The van der Waals surface area contributed by atoms with E-state index in [-0.39, 0.29) is 0 Å². The summed E-state index contributed by atoms with van der Waals surface area (Å²) in [6.45, 7) is 0. The average molecular weight is 1760 g/mol. The van der Waals surface area contributed by atoms with Crippen molar-refractivity contribution in [2.45, 2.75) is 0 Å². The van der Waals surface area contributed by atoms with E-state index in [0.717, 1.165) is 0 Å². The number of fused-ring (bicyclic) bond motifs is 26. The average Bonchev–Trinajstić information content (AvgIpc) is 0.710. The Kier molecular flexibility index (Phi) is 17.1. The van der Waals surface area contributed by atoms with E-state index in [1.807, 2.05) is 0 Å². The largest absolute Gasteiger partial charge is 0.0616 e. The van der Waals surface area contributed by atoms with Crippen LogP contribution in [0.5, 0.6) is 0 Å². The molecule has 0 heteroatoms. The third kappa shape index (κ3) is 11.7. The summed E-state index contributed by atoms with van der Waals surface area (Å²) < 4.78 is 0. The lowest BCUT2D eigenvalue weighted by Crippen LogP contribution is -1.94. The van der Waals surface area contributed by atoms with Crippen molar-refractivity contribution in [3.05, 3.63) is 497 Å². The Labute approximate surface area is 807 Å². The molecule has 0 nitrogen and oxygen atoms in total. The maximum Gasteiger partial charge on any atom is -0.00199 e.